The summed E-state index contributed by atoms with van der Waals surface area (Å²) in [5.41, 5.74) is -0.0174. The second-order valence-electron chi connectivity index (χ2n) is 3.08. The Morgan fingerprint density at radius 1 is 1.25 bits per heavy atom. The van der Waals surface area contributed by atoms with Gasteiger partial charge in [0.2, 0.25) is 0 Å². The third kappa shape index (κ3) is 1.40. The predicted molar refractivity (Wildman–Crippen MR) is 53.3 cm³/mol. The normalized spacial score (nSPS) is 16.5. The van der Waals surface area contributed by atoms with Gasteiger partial charge in [0.1, 0.15) is 16.4 Å². The molecule has 0 unspecified atom stereocenters. The van der Waals surface area contributed by atoms with Crippen molar-refractivity contribution in [3.63, 3.8) is 0 Å². The van der Waals surface area contributed by atoms with Crippen molar-refractivity contribution in [3.8, 4) is 11.5 Å². The number of methoxy groups -OCH3 is 2. The van der Waals surface area contributed by atoms with Gasteiger partial charge in [0.05, 0.1) is 14.2 Å². The highest BCUT2D eigenvalue weighted by molar-refractivity contribution is 7.90. The highest BCUT2D eigenvalue weighted by Crippen LogP contribution is 2.36. The van der Waals surface area contributed by atoms with Crippen molar-refractivity contribution >= 4 is 15.9 Å². The second-order valence-corrected chi connectivity index (χ2v) is 4.62. The van der Waals surface area contributed by atoms with Gasteiger partial charge in [-0.1, -0.05) is 0 Å². The molecule has 2 rings (SSSR count). The number of sulfonamides is 1. The van der Waals surface area contributed by atoms with E-state index < -0.39 is 15.9 Å². The lowest BCUT2D eigenvalue weighted by Crippen LogP contribution is -2.16. The monoisotopic (exact) mass is 242 g/mol. The fourth-order valence-electron chi connectivity index (χ4n) is 1.48. The smallest absolute Gasteiger partial charge is 0.286 e. The van der Waals surface area contributed by atoms with Crippen LogP contribution in [0.2, 0.25) is 0 Å². The largest absolute Gasteiger partial charge is 0.858 e. The SMILES string of the molecule is COc1cc(OC)c2c(c1)C([O-])=NS2(=O)=O. The van der Waals surface area contributed by atoms with Crippen LogP contribution in [0, 0.1) is 0 Å². The molecule has 1 aliphatic rings. The maximum absolute atomic E-state index is 11.5. The summed E-state index contributed by atoms with van der Waals surface area (Å²) in [6.45, 7) is 0. The van der Waals surface area contributed by atoms with Crippen LogP contribution in [0.15, 0.2) is 21.4 Å². The summed E-state index contributed by atoms with van der Waals surface area (Å²) in [7, 11) is -1.21. The first-order valence-corrected chi connectivity index (χ1v) is 5.72. The van der Waals surface area contributed by atoms with E-state index in [2.05, 4.69) is 4.40 Å². The Balaban J connectivity index is 2.80. The number of benzene rings is 1. The summed E-state index contributed by atoms with van der Waals surface area (Å²) >= 11 is 0. The molecule has 0 saturated heterocycles. The summed E-state index contributed by atoms with van der Waals surface area (Å²) < 4.78 is 36.0. The third-order valence-electron chi connectivity index (χ3n) is 2.18. The van der Waals surface area contributed by atoms with Crippen molar-refractivity contribution in [1.82, 2.24) is 0 Å². The fraction of sp³-hybridized carbons (Fsp3) is 0.222. The van der Waals surface area contributed by atoms with Crippen LogP contribution >= 0.6 is 0 Å². The molecule has 0 radical (unpaired) electrons. The Bertz CT molecular complexity index is 576. The van der Waals surface area contributed by atoms with Gasteiger partial charge in [0.15, 0.2) is 0 Å². The average Bonchev–Trinajstić information content (AvgIpc) is 2.48. The Labute approximate surface area is 92.2 Å². The third-order valence-corrected chi connectivity index (χ3v) is 3.52. The first-order valence-electron chi connectivity index (χ1n) is 4.28. The van der Waals surface area contributed by atoms with Gasteiger partial charge in [-0.2, -0.15) is 12.8 Å². The molecule has 0 fully saturated rings. The Morgan fingerprint density at radius 2 is 1.94 bits per heavy atom. The summed E-state index contributed by atoms with van der Waals surface area (Å²) in [6.07, 6.45) is 0. The highest BCUT2D eigenvalue weighted by atomic mass is 32.2. The van der Waals surface area contributed by atoms with Gasteiger partial charge in [-0.25, -0.2) is 0 Å². The van der Waals surface area contributed by atoms with E-state index in [1.807, 2.05) is 0 Å². The van der Waals surface area contributed by atoms with E-state index in [1.54, 1.807) is 0 Å². The van der Waals surface area contributed by atoms with Crippen LogP contribution in [-0.2, 0) is 10.0 Å². The summed E-state index contributed by atoms with van der Waals surface area (Å²) in [6, 6.07) is 2.72. The number of rotatable bonds is 2. The van der Waals surface area contributed by atoms with E-state index in [0.717, 1.165) is 0 Å². The lowest BCUT2D eigenvalue weighted by Gasteiger charge is -2.10. The average molecular weight is 242 g/mol. The minimum Gasteiger partial charge on any atom is -0.858 e. The van der Waals surface area contributed by atoms with Crippen LogP contribution < -0.4 is 14.6 Å². The predicted octanol–water partition coefficient (Wildman–Crippen LogP) is -0.487. The van der Waals surface area contributed by atoms with Gasteiger partial charge in [0.25, 0.3) is 10.0 Å². The lowest BCUT2D eigenvalue weighted by molar-refractivity contribution is -0.212. The minimum absolute atomic E-state index is 0.0174. The molecule has 86 valence electrons. The Hall–Kier alpha value is -1.76. The molecule has 0 aromatic heterocycles. The maximum Gasteiger partial charge on any atom is 0.286 e. The zero-order valence-corrected chi connectivity index (χ0v) is 9.37. The van der Waals surface area contributed by atoms with Crippen molar-refractivity contribution in [1.29, 1.82) is 0 Å². The summed E-state index contributed by atoms with van der Waals surface area (Å²) in [5.74, 6) is -0.396. The molecular weight excluding hydrogens is 234 g/mol. The molecule has 0 aliphatic carbocycles. The second kappa shape index (κ2) is 3.38. The molecule has 1 heterocycles. The van der Waals surface area contributed by atoms with Crippen LogP contribution in [0.5, 0.6) is 11.5 Å². The van der Waals surface area contributed by atoms with Crippen LogP contribution in [0.3, 0.4) is 0 Å². The Morgan fingerprint density at radius 3 is 2.50 bits per heavy atom. The number of hydrogen-bond donors (Lipinski definition) is 0. The topological polar surface area (TPSA) is 88.0 Å². The molecule has 0 N–H and O–H groups in total. The number of hydrogen-bond acceptors (Lipinski definition) is 5. The lowest BCUT2D eigenvalue weighted by atomic mass is 10.2. The zero-order valence-electron chi connectivity index (χ0n) is 8.55. The standard InChI is InChI=1S/C9H9NO5S/c1-14-5-3-6-8(7(4-5)15-2)16(12,13)10-9(6)11/h3-4H,1-2H3,(H,10,11)/p-1. The molecule has 1 aliphatic heterocycles. The molecule has 7 heteroatoms. The molecule has 1 aromatic carbocycles. The number of fused-ring (bicyclic) bond motifs is 1. The van der Waals surface area contributed by atoms with Crippen LogP contribution in [0.1, 0.15) is 5.56 Å². The molecular formula is C9H8NO5S-. The van der Waals surface area contributed by atoms with E-state index in [1.165, 1.54) is 26.4 Å². The summed E-state index contributed by atoms with van der Waals surface area (Å²) in [5, 5.41) is 11.4. The van der Waals surface area contributed by atoms with Crippen molar-refractivity contribution in [3.05, 3.63) is 17.7 Å². The molecule has 0 spiro atoms. The molecule has 0 saturated carbocycles. The van der Waals surface area contributed by atoms with Crippen molar-refractivity contribution in [2.45, 2.75) is 4.90 Å². The molecule has 0 bridgehead atoms. The van der Waals surface area contributed by atoms with Gasteiger partial charge >= 0.3 is 0 Å². The van der Waals surface area contributed by atoms with Crippen LogP contribution in [0.25, 0.3) is 0 Å². The first-order chi connectivity index (χ1) is 7.49. The summed E-state index contributed by atoms with van der Waals surface area (Å²) in [4.78, 5) is -0.194. The van der Waals surface area contributed by atoms with Crippen LogP contribution in [-0.4, -0.2) is 28.5 Å². The Kier molecular flexibility index (Phi) is 2.27. The van der Waals surface area contributed by atoms with Crippen molar-refractivity contribution in [2.75, 3.05) is 14.2 Å². The molecule has 1 aromatic rings. The van der Waals surface area contributed by atoms with Gasteiger partial charge in [-0.15, -0.1) is 0 Å². The first kappa shape index (κ1) is 10.7. The van der Waals surface area contributed by atoms with Crippen LogP contribution in [0.4, 0.5) is 0 Å². The maximum atomic E-state index is 11.5. The van der Waals surface area contributed by atoms with Crippen molar-refractivity contribution < 1.29 is 23.0 Å². The van der Waals surface area contributed by atoms with E-state index in [-0.39, 0.29) is 16.2 Å². The highest BCUT2D eigenvalue weighted by Gasteiger charge is 2.29. The number of ether oxygens (including phenoxy) is 2. The minimum atomic E-state index is -3.93. The molecule has 0 atom stereocenters. The van der Waals surface area contributed by atoms with Crippen molar-refractivity contribution in [2.24, 2.45) is 4.40 Å². The van der Waals surface area contributed by atoms with E-state index in [9.17, 15) is 13.5 Å². The van der Waals surface area contributed by atoms with Gasteiger partial charge in [0, 0.05) is 17.5 Å². The van der Waals surface area contributed by atoms with Gasteiger partial charge in [-0.05, 0) is 6.07 Å². The fourth-order valence-corrected chi connectivity index (χ4v) is 2.70. The van der Waals surface area contributed by atoms with E-state index >= 15 is 0 Å². The van der Waals surface area contributed by atoms with Gasteiger partial charge < -0.3 is 14.6 Å². The number of nitrogens with zero attached hydrogens (tertiary/aromatic N) is 1. The molecule has 0 amide bonds. The van der Waals surface area contributed by atoms with E-state index in [4.69, 9.17) is 9.47 Å². The molecule has 16 heavy (non-hydrogen) atoms. The van der Waals surface area contributed by atoms with E-state index in [0.29, 0.717) is 5.75 Å². The van der Waals surface area contributed by atoms with Gasteiger partial charge in [-0.3, -0.25) is 0 Å². The zero-order chi connectivity index (χ0) is 11.9. The molecule has 6 nitrogen and oxygen atoms in total. The quantitative estimate of drug-likeness (QED) is 0.698.